The molecule has 0 atom stereocenters. The summed E-state index contributed by atoms with van der Waals surface area (Å²) in [6.45, 7) is 6.73. The quantitative estimate of drug-likeness (QED) is 0.710. The van der Waals surface area contributed by atoms with Crippen molar-refractivity contribution >= 4 is 34.9 Å². The number of nitrogens with one attached hydrogen (secondary N) is 2. The van der Waals surface area contributed by atoms with Gasteiger partial charge in [-0.1, -0.05) is 30.3 Å². The van der Waals surface area contributed by atoms with Gasteiger partial charge in [-0.25, -0.2) is 0 Å². The van der Waals surface area contributed by atoms with Gasteiger partial charge in [0.2, 0.25) is 5.95 Å². The number of aromatic nitrogens is 2. The third kappa shape index (κ3) is 5.53. The Morgan fingerprint density at radius 2 is 1.45 bits per heavy atom. The summed E-state index contributed by atoms with van der Waals surface area (Å²) in [5.41, 5.74) is 1.16. The van der Waals surface area contributed by atoms with Gasteiger partial charge in [0, 0.05) is 38.8 Å². The fourth-order valence-electron chi connectivity index (χ4n) is 3.31. The number of hydrogen-bond donors (Lipinski definition) is 2. The number of benzene rings is 1. The number of nitrogens with zero attached hydrogens (tertiary/aromatic N) is 4. The van der Waals surface area contributed by atoms with E-state index < -0.39 is 0 Å². The molecule has 0 amide bonds. The zero-order valence-electron chi connectivity index (χ0n) is 16.3. The monoisotopic (exact) mass is 414 g/mol. The molecule has 154 valence electrons. The Kier molecular flexibility index (Phi) is 6.71. The van der Waals surface area contributed by atoms with E-state index >= 15 is 0 Å². The highest BCUT2D eigenvalue weighted by molar-refractivity contribution is 7.80. The van der Waals surface area contributed by atoms with E-state index in [0.29, 0.717) is 44.0 Å². The summed E-state index contributed by atoms with van der Waals surface area (Å²) in [6.07, 6.45) is 0. The number of rotatable bonds is 5. The van der Waals surface area contributed by atoms with E-state index in [9.17, 15) is 0 Å². The summed E-state index contributed by atoms with van der Waals surface area (Å²) in [5.74, 6) is 2.28. The molecule has 29 heavy (non-hydrogen) atoms. The van der Waals surface area contributed by atoms with Crippen molar-refractivity contribution in [3.8, 4) is 0 Å². The highest BCUT2D eigenvalue weighted by atomic mass is 32.1. The summed E-state index contributed by atoms with van der Waals surface area (Å²) in [6, 6.07) is 12.2. The summed E-state index contributed by atoms with van der Waals surface area (Å²) in [4.78, 5) is 13.9. The van der Waals surface area contributed by atoms with Crippen molar-refractivity contribution < 1.29 is 9.47 Å². The highest BCUT2D eigenvalue weighted by Gasteiger charge is 2.19. The van der Waals surface area contributed by atoms with Crippen LogP contribution in [-0.2, 0) is 16.0 Å². The number of hydrogen-bond acceptors (Lipinski definition) is 7. The van der Waals surface area contributed by atoms with E-state index in [-0.39, 0.29) is 0 Å². The molecule has 2 aliphatic heterocycles. The topological polar surface area (TPSA) is 74.8 Å². The largest absolute Gasteiger partial charge is 0.378 e. The lowest BCUT2D eigenvalue weighted by atomic mass is 10.2. The lowest BCUT2D eigenvalue weighted by molar-refractivity contribution is 0.122. The molecule has 9 heteroatoms. The van der Waals surface area contributed by atoms with Crippen LogP contribution in [-0.4, -0.2) is 67.7 Å². The van der Waals surface area contributed by atoms with Gasteiger partial charge in [-0.05, 0) is 17.8 Å². The first kappa shape index (κ1) is 19.8. The predicted octanol–water partition coefficient (Wildman–Crippen LogP) is 1.64. The van der Waals surface area contributed by atoms with Crippen molar-refractivity contribution in [2.75, 3.05) is 67.7 Å². The van der Waals surface area contributed by atoms with Crippen LogP contribution in [0, 0.1) is 0 Å². The van der Waals surface area contributed by atoms with Crippen LogP contribution in [0.1, 0.15) is 5.56 Å². The van der Waals surface area contributed by atoms with Gasteiger partial charge in [-0.15, -0.1) is 0 Å². The van der Waals surface area contributed by atoms with Crippen molar-refractivity contribution in [2.45, 2.75) is 6.54 Å². The molecule has 2 fully saturated rings. The van der Waals surface area contributed by atoms with Gasteiger partial charge in [0.1, 0.15) is 11.6 Å². The molecular formula is C20H26N6O2S. The molecule has 4 rings (SSSR count). The molecule has 2 aliphatic rings. The lowest BCUT2D eigenvalue weighted by Crippen LogP contribution is -2.39. The van der Waals surface area contributed by atoms with Crippen LogP contribution >= 0.6 is 12.2 Å². The van der Waals surface area contributed by atoms with Crippen molar-refractivity contribution in [3.05, 3.63) is 42.0 Å². The van der Waals surface area contributed by atoms with Crippen LogP contribution in [0.15, 0.2) is 36.4 Å². The van der Waals surface area contributed by atoms with Crippen molar-refractivity contribution in [1.29, 1.82) is 0 Å². The number of morpholine rings is 2. The molecular weight excluding hydrogens is 388 g/mol. The molecule has 0 bridgehead atoms. The van der Waals surface area contributed by atoms with Crippen LogP contribution in [0.25, 0.3) is 0 Å². The van der Waals surface area contributed by atoms with Crippen LogP contribution in [0.5, 0.6) is 0 Å². The van der Waals surface area contributed by atoms with Gasteiger partial charge in [-0.2, -0.15) is 9.97 Å². The molecule has 2 aromatic rings. The molecule has 0 spiro atoms. The highest BCUT2D eigenvalue weighted by Crippen LogP contribution is 2.23. The van der Waals surface area contributed by atoms with E-state index in [4.69, 9.17) is 31.7 Å². The number of anilines is 3. The first-order valence-electron chi connectivity index (χ1n) is 9.91. The number of ether oxygens (including phenoxy) is 2. The molecule has 8 nitrogen and oxygen atoms in total. The second-order valence-electron chi connectivity index (χ2n) is 6.90. The van der Waals surface area contributed by atoms with Crippen LogP contribution in [0.4, 0.5) is 17.6 Å². The van der Waals surface area contributed by atoms with Crippen molar-refractivity contribution in [3.63, 3.8) is 0 Å². The Morgan fingerprint density at radius 1 is 0.897 bits per heavy atom. The Balaban J connectivity index is 1.48. The zero-order chi connectivity index (χ0) is 19.9. The van der Waals surface area contributed by atoms with E-state index in [1.54, 1.807) is 0 Å². The predicted molar refractivity (Wildman–Crippen MR) is 118 cm³/mol. The SMILES string of the molecule is S=C(NCc1ccccc1)Nc1nc(N2CCOCC2)cc(N2CCOCC2)n1. The first-order valence-corrected chi connectivity index (χ1v) is 10.3. The fourth-order valence-corrected chi connectivity index (χ4v) is 3.47. The fraction of sp³-hybridized carbons (Fsp3) is 0.450. The summed E-state index contributed by atoms with van der Waals surface area (Å²) in [5, 5.41) is 6.87. The molecule has 0 saturated carbocycles. The van der Waals surface area contributed by atoms with E-state index in [1.165, 1.54) is 0 Å². The molecule has 1 aromatic heterocycles. The lowest BCUT2D eigenvalue weighted by Gasteiger charge is -2.31. The Morgan fingerprint density at radius 3 is 2.00 bits per heavy atom. The van der Waals surface area contributed by atoms with Gasteiger partial charge in [0.05, 0.1) is 26.4 Å². The minimum Gasteiger partial charge on any atom is -0.378 e. The molecule has 2 N–H and O–H groups in total. The molecule has 0 unspecified atom stereocenters. The Bertz CT molecular complexity index is 774. The zero-order valence-corrected chi connectivity index (χ0v) is 17.2. The molecule has 1 aromatic carbocycles. The Labute approximate surface area is 176 Å². The molecule has 3 heterocycles. The minimum atomic E-state index is 0.501. The van der Waals surface area contributed by atoms with Crippen LogP contribution in [0.3, 0.4) is 0 Å². The van der Waals surface area contributed by atoms with Gasteiger partial charge >= 0.3 is 0 Å². The third-order valence-electron chi connectivity index (χ3n) is 4.89. The third-order valence-corrected chi connectivity index (χ3v) is 5.14. The van der Waals surface area contributed by atoms with E-state index in [1.807, 2.05) is 24.3 Å². The molecule has 2 saturated heterocycles. The van der Waals surface area contributed by atoms with E-state index in [0.717, 1.165) is 43.4 Å². The van der Waals surface area contributed by atoms with Gasteiger partial charge in [0.25, 0.3) is 0 Å². The average molecular weight is 415 g/mol. The summed E-state index contributed by atoms with van der Waals surface area (Å²) < 4.78 is 11.0. The second-order valence-corrected chi connectivity index (χ2v) is 7.31. The minimum absolute atomic E-state index is 0.501. The maximum absolute atomic E-state index is 5.48. The molecule has 0 radical (unpaired) electrons. The Hall–Kier alpha value is -2.49. The number of thiocarbonyl (C=S) groups is 1. The van der Waals surface area contributed by atoms with Crippen molar-refractivity contribution in [1.82, 2.24) is 15.3 Å². The summed E-state index contributed by atoms with van der Waals surface area (Å²) >= 11 is 5.47. The average Bonchev–Trinajstić information content (AvgIpc) is 2.79. The van der Waals surface area contributed by atoms with Crippen molar-refractivity contribution in [2.24, 2.45) is 0 Å². The summed E-state index contributed by atoms with van der Waals surface area (Å²) in [7, 11) is 0. The first-order chi connectivity index (χ1) is 14.3. The smallest absolute Gasteiger partial charge is 0.232 e. The maximum Gasteiger partial charge on any atom is 0.232 e. The van der Waals surface area contributed by atoms with E-state index in [2.05, 4.69) is 32.6 Å². The van der Waals surface area contributed by atoms with Gasteiger partial charge in [0.15, 0.2) is 5.11 Å². The molecule has 0 aliphatic carbocycles. The van der Waals surface area contributed by atoms with Crippen LogP contribution in [0.2, 0.25) is 0 Å². The maximum atomic E-state index is 5.48. The standard InChI is InChI=1S/C20H26N6O2S/c29-20(21-15-16-4-2-1-3-5-16)24-19-22-17(25-6-10-27-11-7-25)14-18(23-19)26-8-12-28-13-9-26/h1-5,14H,6-13,15H2,(H2,21,22,23,24,29). The van der Waals surface area contributed by atoms with Gasteiger partial charge < -0.3 is 29.9 Å². The van der Waals surface area contributed by atoms with Crippen LogP contribution < -0.4 is 20.4 Å². The van der Waals surface area contributed by atoms with Gasteiger partial charge in [-0.3, -0.25) is 0 Å². The normalized spacial score (nSPS) is 17.1. The second kappa shape index (κ2) is 9.82.